The van der Waals surface area contributed by atoms with E-state index in [1.807, 2.05) is 7.05 Å². The quantitative estimate of drug-likeness (QED) is 0.567. The summed E-state index contributed by atoms with van der Waals surface area (Å²) in [6, 6.07) is 8.81. The zero-order valence-electron chi connectivity index (χ0n) is 17.4. The van der Waals surface area contributed by atoms with Crippen LogP contribution in [0.3, 0.4) is 0 Å². The van der Waals surface area contributed by atoms with E-state index < -0.39 is 0 Å². The Morgan fingerprint density at radius 3 is 2.71 bits per heavy atom. The average molecular weight is 384 g/mol. The van der Waals surface area contributed by atoms with Crippen molar-refractivity contribution in [1.82, 2.24) is 30.3 Å². The number of likely N-dealkylation sites (tertiary alicyclic amines) is 1. The van der Waals surface area contributed by atoms with Crippen LogP contribution in [-0.4, -0.2) is 45.3 Å². The molecule has 0 atom stereocenters. The molecule has 1 fully saturated rings. The van der Waals surface area contributed by atoms with Crippen LogP contribution >= 0.6 is 0 Å². The van der Waals surface area contributed by atoms with Crippen LogP contribution in [0.4, 0.5) is 0 Å². The van der Waals surface area contributed by atoms with Gasteiger partial charge in [-0.3, -0.25) is 9.58 Å². The lowest BCUT2D eigenvalue weighted by Gasteiger charge is -2.30. The standard InChI is InChI=1S/C21H33N7/c1-4-22-21(24-14-20-25-16-26-27(20)3)23-13-18-6-5-7-19(12-18)15-28-10-8-17(2)9-11-28/h5-7,12,16-17H,4,8-11,13-15H2,1-3H3,(H2,22,23,24). The smallest absolute Gasteiger partial charge is 0.191 e. The molecule has 1 aliphatic heterocycles. The van der Waals surface area contributed by atoms with Gasteiger partial charge in [-0.2, -0.15) is 5.10 Å². The predicted molar refractivity (Wildman–Crippen MR) is 113 cm³/mol. The number of guanidine groups is 1. The molecule has 2 N–H and O–H groups in total. The van der Waals surface area contributed by atoms with E-state index >= 15 is 0 Å². The van der Waals surface area contributed by atoms with Gasteiger partial charge in [0.25, 0.3) is 0 Å². The molecule has 2 aromatic rings. The van der Waals surface area contributed by atoms with Crippen molar-refractivity contribution < 1.29 is 0 Å². The first-order valence-corrected chi connectivity index (χ1v) is 10.3. The molecule has 2 heterocycles. The third-order valence-electron chi connectivity index (χ3n) is 5.26. The molecule has 3 rings (SSSR count). The summed E-state index contributed by atoms with van der Waals surface area (Å²) in [4.78, 5) is 11.5. The Kier molecular flexibility index (Phi) is 7.42. The van der Waals surface area contributed by atoms with E-state index in [2.05, 4.69) is 63.7 Å². The summed E-state index contributed by atoms with van der Waals surface area (Å²) in [6.45, 7) is 9.94. The second-order valence-corrected chi connectivity index (χ2v) is 7.63. The van der Waals surface area contributed by atoms with Gasteiger partial charge in [0.1, 0.15) is 12.2 Å². The number of rotatable bonds is 7. The van der Waals surface area contributed by atoms with E-state index in [-0.39, 0.29) is 0 Å². The van der Waals surface area contributed by atoms with Crippen molar-refractivity contribution in [3.8, 4) is 0 Å². The van der Waals surface area contributed by atoms with Gasteiger partial charge >= 0.3 is 0 Å². The van der Waals surface area contributed by atoms with Crippen molar-refractivity contribution in [3.63, 3.8) is 0 Å². The number of hydrogen-bond donors (Lipinski definition) is 2. The first kappa shape index (κ1) is 20.3. The van der Waals surface area contributed by atoms with E-state index in [0.717, 1.165) is 30.8 Å². The zero-order valence-corrected chi connectivity index (χ0v) is 17.4. The van der Waals surface area contributed by atoms with Crippen molar-refractivity contribution in [1.29, 1.82) is 0 Å². The molecule has 0 unspecified atom stereocenters. The molecule has 7 heteroatoms. The van der Waals surface area contributed by atoms with Crippen LogP contribution in [0.2, 0.25) is 0 Å². The van der Waals surface area contributed by atoms with Gasteiger partial charge in [0.15, 0.2) is 5.96 Å². The van der Waals surface area contributed by atoms with E-state index in [1.165, 1.54) is 37.1 Å². The van der Waals surface area contributed by atoms with E-state index in [4.69, 9.17) is 4.99 Å². The molecule has 0 amide bonds. The van der Waals surface area contributed by atoms with Gasteiger partial charge in [-0.1, -0.05) is 31.2 Å². The molecule has 1 aromatic heterocycles. The van der Waals surface area contributed by atoms with Gasteiger partial charge in [-0.25, -0.2) is 9.98 Å². The van der Waals surface area contributed by atoms with Gasteiger partial charge in [-0.05, 0) is 49.9 Å². The Hall–Kier alpha value is -2.41. The fourth-order valence-corrected chi connectivity index (χ4v) is 3.46. The maximum Gasteiger partial charge on any atom is 0.191 e. The number of aliphatic imine (C=N–C) groups is 1. The predicted octanol–water partition coefficient (Wildman–Crippen LogP) is 2.30. The number of nitrogens with zero attached hydrogens (tertiary/aromatic N) is 5. The summed E-state index contributed by atoms with van der Waals surface area (Å²) in [5.74, 6) is 2.54. The summed E-state index contributed by atoms with van der Waals surface area (Å²) in [6.07, 6.45) is 4.19. The van der Waals surface area contributed by atoms with Crippen molar-refractivity contribution in [2.45, 2.75) is 46.3 Å². The van der Waals surface area contributed by atoms with Crippen molar-refractivity contribution in [2.75, 3.05) is 19.6 Å². The molecule has 7 nitrogen and oxygen atoms in total. The first-order valence-electron chi connectivity index (χ1n) is 10.3. The average Bonchev–Trinajstić information content (AvgIpc) is 3.11. The highest BCUT2D eigenvalue weighted by molar-refractivity contribution is 5.79. The van der Waals surface area contributed by atoms with Crippen LogP contribution in [-0.2, 0) is 26.7 Å². The molecule has 0 bridgehead atoms. The highest BCUT2D eigenvalue weighted by atomic mass is 15.3. The minimum atomic E-state index is 0.593. The number of nitrogens with one attached hydrogen (secondary N) is 2. The lowest BCUT2D eigenvalue weighted by atomic mass is 9.98. The topological polar surface area (TPSA) is 70.4 Å². The minimum absolute atomic E-state index is 0.593. The number of piperidine rings is 1. The fraction of sp³-hybridized carbons (Fsp3) is 0.571. The summed E-state index contributed by atoms with van der Waals surface area (Å²) >= 11 is 0. The molecule has 28 heavy (non-hydrogen) atoms. The molecule has 0 radical (unpaired) electrons. The second-order valence-electron chi connectivity index (χ2n) is 7.63. The summed E-state index contributed by atoms with van der Waals surface area (Å²) in [5, 5.41) is 10.7. The largest absolute Gasteiger partial charge is 0.357 e. The zero-order chi connectivity index (χ0) is 19.8. The molecule has 1 saturated heterocycles. The number of aromatic nitrogens is 3. The monoisotopic (exact) mass is 383 g/mol. The Morgan fingerprint density at radius 2 is 2.00 bits per heavy atom. The second kappa shape index (κ2) is 10.2. The van der Waals surface area contributed by atoms with Crippen LogP contribution in [0.1, 0.15) is 43.6 Å². The van der Waals surface area contributed by atoms with Crippen LogP contribution < -0.4 is 10.6 Å². The van der Waals surface area contributed by atoms with Crippen molar-refractivity contribution in [2.24, 2.45) is 18.0 Å². The summed E-state index contributed by atoms with van der Waals surface area (Å²) in [7, 11) is 1.89. The molecule has 0 saturated carbocycles. The molecule has 0 spiro atoms. The van der Waals surface area contributed by atoms with E-state index in [1.54, 1.807) is 11.0 Å². The highest BCUT2D eigenvalue weighted by Crippen LogP contribution is 2.18. The van der Waals surface area contributed by atoms with Crippen LogP contribution in [0.25, 0.3) is 0 Å². The van der Waals surface area contributed by atoms with Crippen molar-refractivity contribution >= 4 is 5.96 Å². The molecule has 0 aliphatic carbocycles. The third kappa shape index (κ3) is 6.05. The minimum Gasteiger partial charge on any atom is -0.357 e. The molecular formula is C21H33N7. The van der Waals surface area contributed by atoms with E-state index in [0.29, 0.717) is 13.1 Å². The molecule has 1 aliphatic rings. The molecule has 1 aromatic carbocycles. The van der Waals surface area contributed by atoms with E-state index in [9.17, 15) is 0 Å². The lowest BCUT2D eigenvalue weighted by molar-refractivity contribution is 0.185. The Labute approximate surface area is 168 Å². The van der Waals surface area contributed by atoms with Crippen LogP contribution in [0.15, 0.2) is 35.6 Å². The normalized spacial score (nSPS) is 16.3. The first-order chi connectivity index (χ1) is 13.6. The summed E-state index contributed by atoms with van der Waals surface area (Å²) in [5.41, 5.74) is 2.61. The summed E-state index contributed by atoms with van der Waals surface area (Å²) < 4.78 is 1.77. The number of hydrogen-bond acceptors (Lipinski definition) is 4. The fourth-order valence-electron chi connectivity index (χ4n) is 3.46. The van der Waals surface area contributed by atoms with Gasteiger partial charge in [-0.15, -0.1) is 0 Å². The maximum absolute atomic E-state index is 4.73. The number of aryl methyl sites for hydroxylation is 1. The lowest BCUT2D eigenvalue weighted by Crippen LogP contribution is -2.37. The van der Waals surface area contributed by atoms with Crippen LogP contribution in [0.5, 0.6) is 0 Å². The SMILES string of the molecule is CCNC(=NCc1cccc(CN2CCC(C)CC2)c1)NCc1ncnn1C. The highest BCUT2D eigenvalue weighted by Gasteiger charge is 2.15. The van der Waals surface area contributed by atoms with Crippen molar-refractivity contribution in [3.05, 3.63) is 47.5 Å². The molecule has 152 valence electrons. The number of benzene rings is 1. The van der Waals surface area contributed by atoms with Gasteiger partial charge < -0.3 is 10.6 Å². The Bertz CT molecular complexity index is 760. The Balaban J connectivity index is 1.56. The van der Waals surface area contributed by atoms with Gasteiger partial charge in [0, 0.05) is 20.1 Å². The van der Waals surface area contributed by atoms with Crippen LogP contribution in [0, 0.1) is 5.92 Å². The molecular weight excluding hydrogens is 350 g/mol. The van der Waals surface area contributed by atoms with Gasteiger partial charge in [0.05, 0.1) is 13.1 Å². The maximum atomic E-state index is 4.73. The third-order valence-corrected chi connectivity index (χ3v) is 5.26. The Morgan fingerprint density at radius 1 is 1.21 bits per heavy atom. The van der Waals surface area contributed by atoms with Gasteiger partial charge in [0.2, 0.25) is 0 Å².